The van der Waals surface area contributed by atoms with Gasteiger partial charge in [0.25, 0.3) is 5.69 Å². The molecule has 0 bridgehead atoms. The van der Waals surface area contributed by atoms with Gasteiger partial charge in [-0.3, -0.25) is 19.6 Å². The zero-order valence-electron chi connectivity index (χ0n) is 10.7. The third-order valence-electron chi connectivity index (χ3n) is 2.47. The highest BCUT2D eigenvalue weighted by atomic mass is 16.6. The molecular formula is C13H12N4O3. The molecular weight excluding hydrogens is 260 g/mol. The van der Waals surface area contributed by atoms with Crippen LogP contribution in [0.2, 0.25) is 0 Å². The Morgan fingerprint density at radius 3 is 2.90 bits per heavy atom. The molecule has 0 spiro atoms. The van der Waals surface area contributed by atoms with Gasteiger partial charge in [0.2, 0.25) is 5.91 Å². The molecule has 1 N–H and O–H groups in total. The predicted molar refractivity (Wildman–Crippen MR) is 74.0 cm³/mol. The minimum atomic E-state index is -0.481. The molecule has 7 nitrogen and oxygen atoms in total. The van der Waals surface area contributed by atoms with Crippen LogP contribution in [0.3, 0.4) is 0 Å². The summed E-state index contributed by atoms with van der Waals surface area (Å²) in [6.07, 6.45) is 4.51. The maximum absolute atomic E-state index is 11.6. The van der Waals surface area contributed by atoms with E-state index >= 15 is 0 Å². The first kappa shape index (κ1) is 13.5. The van der Waals surface area contributed by atoms with Crippen LogP contribution >= 0.6 is 0 Å². The normalized spacial score (nSPS) is 10.7. The van der Waals surface area contributed by atoms with Crippen molar-refractivity contribution in [3.8, 4) is 0 Å². The molecule has 0 aliphatic carbocycles. The molecule has 0 unspecified atom stereocenters. The summed E-state index contributed by atoms with van der Waals surface area (Å²) in [4.78, 5) is 21.8. The smallest absolute Gasteiger partial charge is 0.270 e. The fraction of sp³-hybridized carbons (Fsp3) is 0.0769. The van der Waals surface area contributed by atoms with Gasteiger partial charge in [-0.2, -0.15) is 5.10 Å². The van der Waals surface area contributed by atoms with E-state index in [1.165, 1.54) is 24.3 Å². The Morgan fingerprint density at radius 1 is 1.45 bits per heavy atom. The number of anilines is 1. The van der Waals surface area contributed by atoms with Gasteiger partial charge in [-0.05, 0) is 11.6 Å². The molecule has 2 rings (SSSR count). The number of hydrogen-bond acceptors (Lipinski definition) is 4. The summed E-state index contributed by atoms with van der Waals surface area (Å²) >= 11 is 0. The maximum atomic E-state index is 11.6. The number of carbonyl (C=O) groups excluding carboxylic acids is 1. The Hall–Kier alpha value is -2.96. The van der Waals surface area contributed by atoms with Crippen LogP contribution in [0.1, 0.15) is 5.56 Å². The van der Waals surface area contributed by atoms with E-state index in [-0.39, 0.29) is 11.6 Å². The van der Waals surface area contributed by atoms with Gasteiger partial charge in [-0.15, -0.1) is 0 Å². The lowest BCUT2D eigenvalue weighted by atomic mass is 10.2. The number of rotatable bonds is 4. The lowest BCUT2D eigenvalue weighted by molar-refractivity contribution is -0.384. The Morgan fingerprint density at radius 2 is 2.25 bits per heavy atom. The van der Waals surface area contributed by atoms with E-state index in [0.29, 0.717) is 11.4 Å². The van der Waals surface area contributed by atoms with E-state index in [4.69, 9.17) is 0 Å². The number of benzene rings is 1. The highest BCUT2D eigenvalue weighted by Crippen LogP contribution is 2.14. The summed E-state index contributed by atoms with van der Waals surface area (Å²) in [6.45, 7) is 0. The fourth-order valence-corrected chi connectivity index (χ4v) is 1.56. The molecule has 0 saturated heterocycles. The lowest BCUT2D eigenvalue weighted by Gasteiger charge is -1.97. The molecule has 0 atom stereocenters. The van der Waals surface area contributed by atoms with Crippen LogP contribution in [0.5, 0.6) is 0 Å². The Balaban J connectivity index is 2.03. The van der Waals surface area contributed by atoms with Crippen LogP contribution in [-0.2, 0) is 11.8 Å². The average molecular weight is 272 g/mol. The number of hydrogen-bond donors (Lipinski definition) is 1. The van der Waals surface area contributed by atoms with E-state index in [0.717, 1.165) is 0 Å². The second kappa shape index (κ2) is 5.79. The van der Waals surface area contributed by atoms with Gasteiger partial charge in [-0.25, -0.2) is 0 Å². The Kier molecular flexibility index (Phi) is 3.90. The van der Waals surface area contributed by atoms with E-state index in [1.807, 2.05) is 0 Å². The van der Waals surface area contributed by atoms with Crippen molar-refractivity contribution in [3.05, 3.63) is 58.3 Å². The second-order valence-corrected chi connectivity index (χ2v) is 4.05. The fourth-order valence-electron chi connectivity index (χ4n) is 1.56. The summed E-state index contributed by atoms with van der Waals surface area (Å²) in [7, 11) is 1.74. The lowest BCUT2D eigenvalue weighted by Crippen LogP contribution is -2.08. The van der Waals surface area contributed by atoms with Crippen molar-refractivity contribution in [3.63, 3.8) is 0 Å². The molecule has 102 valence electrons. The number of nitrogens with one attached hydrogen (secondary N) is 1. The number of non-ortho nitro benzene ring substituents is 1. The third-order valence-corrected chi connectivity index (χ3v) is 2.47. The summed E-state index contributed by atoms with van der Waals surface area (Å²) in [5, 5.41) is 17.2. The Bertz CT molecular complexity index is 676. The predicted octanol–water partition coefficient (Wildman–Crippen LogP) is 1.98. The van der Waals surface area contributed by atoms with E-state index in [2.05, 4.69) is 10.4 Å². The molecule has 0 aliphatic rings. The second-order valence-electron chi connectivity index (χ2n) is 4.05. The van der Waals surface area contributed by atoms with Gasteiger partial charge in [0.15, 0.2) is 5.82 Å². The zero-order valence-corrected chi connectivity index (χ0v) is 10.7. The van der Waals surface area contributed by atoms with Crippen molar-refractivity contribution < 1.29 is 9.72 Å². The summed E-state index contributed by atoms with van der Waals surface area (Å²) in [5.74, 6) is 0.0939. The van der Waals surface area contributed by atoms with Crippen molar-refractivity contribution in [2.75, 3.05) is 5.32 Å². The SMILES string of the molecule is Cn1ccc(NC(=O)C=Cc2cccc([N+](=O)[O-])c2)n1. The first-order valence-electron chi connectivity index (χ1n) is 5.78. The number of nitro groups is 1. The molecule has 1 amide bonds. The molecule has 20 heavy (non-hydrogen) atoms. The van der Waals surface area contributed by atoms with E-state index in [1.54, 1.807) is 36.1 Å². The van der Waals surface area contributed by atoms with Gasteiger partial charge >= 0.3 is 0 Å². The molecule has 0 aliphatic heterocycles. The first-order chi connectivity index (χ1) is 9.54. The zero-order chi connectivity index (χ0) is 14.5. The molecule has 7 heteroatoms. The topological polar surface area (TPSA) is 90.1 Å². The largest absolute Gasteiger partial charge is 0.306 e. The quantitative estimate of drug-likeness (QED) is 0.523. The van der Waals surface area contributed by atoms with Crippen LogP contribution in [-0.4, -0.2) is 20.6 Å². The van der Waals surface area contributed by atoms with Crippen molar-refractivity contribution >= 4 is 23.5 Å². The van der Waals surface area contributed by atoms with E-state index in [9.17, 15) is 14.9 Å². The van der Waals surface area contributed by atoms with Gasteiger partial charge in [0.1, 0.15) is 0 Å². The minimum absolute atomic E-state index is 0.0164. The maximum Gasteiger partial charge on any atom is 0.270 e. The van der Waals surface area contributed by atoms with Crippen LogP contribution in [0.15, 0.2) is 42.6 Å². The molecule has 1 aromatic carbocycles. The minimum Gasteiger partial charge on any atom is -0.306 e. The monoisotopic (exact) mass is 272 g/mol. The summed E-state index contributed by atoms with van der Waals surface area (Å²) in [5.41, 5.74) is 0.563. The van der Waals surface area contributed by atoms with Crippen molar-refractivity contribution in [2.45, 2.75) is 0 Å². The van der Waals surface area contributed by atoms with Crippen molar-refractivity contribution in [1.29, 1.82) is 0 Å². The molecule has 2 aromatic rings. The number of aromatic nitrogens is 2. The van der Waals surface area contributed by atoms with Gasteiger partial charge in [0.05, 0.1) is 4.92 Å². The van der Waals surface area contributed by atoms with Gasteiger partial charge in [-0.1, -0.05) is 12.1 Å². The summed E-state index contributed by atoms with van der Waals surface area (Å²) < 4.78 is 1.57. The number of nitrogens with zero attached hydrogens (tertiary/aromatic N) is 3. The number of nitro benzene ring substituents is 1. The number of carbonyl (C=O) groups is 1. The van der Waals surface area contributed by atoms with Gasteiger partial charge in [0, 0.05) is 37.5 Å². The number of amides is 1. The van der Waals surface area contributed by atoms with Crippen molar-refractivity contribution in [2.24, 2.45) is 7.05 Å². The Labute approximate surface area is 114 Å². The van der Waals surface area contributed by atoms with E-state index < -0.39 is 4.92 Å². The van der Waals surface area contributed by atoms with Crippen molar-refractivity contribution in [1.82, 2.24) is 9.78 Å². The highest BCUT2D eigenvalue weighted by molar-refractivity contribution is 6.01. The first-order valence-corrected chi connectivity index (χ1v) is 5.78. The molecule has 0 radical (unpaired) electrons. The molecule has 1 aromatic heterocycles. The number of aryl methyl sites for hydroxylation is 1. The average Bonchev–Trinajstić information content (AvgIpc) is 2.82. The van der Waals surface area contributed by atoms with Crippen LogP contribution in [0.25, 0.3) is 6.08 Å². The standard InChI is InChI=1S/C13H12N4O3/c1-16-8-7-12(15-16)14-13(18)6-5-10-3-2-4-11(9-10)17(19)20/h2-9H,1H3,(H,14,15,18). The molecule has 1 heterocycles. The van der Waals surface area contributed by atoms with Crippen LogP contribution in [0.4, 0.5) is 11.5 Å². The third kappa shape index (κ3) is 3.52. The van der Waals surface area contributed by atoms with Gasteiger partial charge < -0.3 is 5.32 Å². The van der Waals surface area contributed by atoms with Crippen LogP contribution < -0.4 is 5.32 Å². The molecule has 0 saturated carbocycles. The van der Waals surface area contributed by atoms with Crippen LogP contribution in [0, 0.1) is 10.1 Å². The highest BCUT2D eigenvalue weighted by Gasteiger charge is 2.04. The molecule has 0 fully saturated rings. The summed E-state index contributed by atoms with van der Waals surface area (Å²) in [6, 6.07) is 7.70.